The van der Waals surface area contributed by atoms with E-state index in [9.17, 15) is 26.0 Å². The lowest BCUT2D eigenvalue weighted by Crippen LogP contribution is -2.28. The molecule has 1 heterocycles. The van der Waals surface area contributed by atoms with Crippen LogP contribution in [0.5, 0.6) is 0 Å². The first-order valence-electron chi connectivity index (χ1n) is 9.78. The SMILES string of the molecule is CNCCN(C)c1cc(C(F)(F)F)ccc1Nc1cc(F)c(S(=O)(=O)N(Cl)c2cscn2)cc1Cl. The molecule has 0 unspecified atom stereocenters. The van der Waals surface area contributed by atoms with Gasteiger partial charge in [-0.2, -0.15) is 25.4 Å². The van der Waals surface area contributed by atoms with Gasteiger partial charge in [-0.3, -0.25) is 0 Å². The Labute approximate surface area is 213 Å². The molecular formula is C20H19Cl2F4N5O2S2. The molecule has 0 aliphatic heterocycles. The Morgan fingerprint density at radius 1 is 1.17 bits per heavy atom. The van der Waals surface area contributed by atoms with Crippen molar-refractivity contribution in [3.63, 3.8) is 0 Å². The maximum absolute atomic E-state index is 14.9. The molecule has 0 aliphatic rings. The van der Waals surface area contributed by atoms with E-state index in [1.54, 1.807) is 19.0 Å². The Balaban J connectivity index is 1.99. The normalized spacial score (nSPS) is 12.0. The van der Waals surface area contributed by atoms with Crippen molar-refractivity contribution in [1.82, 2.24) is 10.3 Å². The van der Waals surface area contributed by atoms with Gasteiger partial charge in [0.25, 0.3) is 10.0 Å². The number of nitrogens with zero attached hydrogens (tertiary/aromatic N) is 3. The highest BCUT2D eigenvalue weighted by Gasteiger charge is 2.32. The van der Waals surface area contributed by atoms with E-state index >= 15 is 0 Å². The Kier molecular flexibility index (Phi) is 8.37. The summed E-state index contributed by atoms with van der Waals surface area (Å²) in [5.74, 6) is -1.29. The van der Waals surface area contributed by atoms with Gasteiger partial charge in [-0.25, -0.2) is 9.37 Å². The average Bonchev–Trinajstić information content (AvgIpc) is 3.33. The van der Waals surface area contributed by atoms with Gasteiger partial charge >= 0.3 is 6.18 Å². The number of hydrogen-bond donors (Lipinski definition) is 2. The highest BCUT2D eigenvalue weighted by atomic mass is 35.5. The number of sulfonamides is 1. The predicted octanol–water partition coefficient (Wildman–Crippen LogP) is 5.70. The first-order valence-corrected chi connectivity index (χ1v) is 12.9. The molecule has 3 aromatic rings. The van der Waals surface area contributed by atoms with Gasteiger partial charge in [0, 0.05) is 43.4 Å². The fraction of sp³-hybridized carbons (Fsp3) is 0.250. The molecule has 1 aromatic heterocycles. The van der Waals surface area contributed by atoms with Crippen molar-refractivity contribution < 1.29 is 26.0 Å². The molecule has 2 aromatic carbocycles. The van der Waals surface area contributed by atoms with Gasteiger partial charge in [0.2, 0.25) is 0 Å². The van der Waals surface area contributed by atoms with Crippen LogP contribution in [-0.4, -0.2) is 40.6 Å². The summed E-state index contributed by atoms with van der Waals surface area (Å²) in [6, 6.07) is 4.72. The van der Waals surface area contributed by atoms with Gasteiger partial charge in [0.05, 0.1) is 33.2 Å². The predicted molar refractivity (Wildman–Crippen MR) is 131 cm³/mol. The van der Waals surface area contributed by atoms with Crippen LogP contribution in [-0.2, 0) is 16.2 Å². The molecule has 0 bridgehead atoms. The third-order valence-electron chi connectivity index (χ3n) is 4.81. The van der Waals surface area contributed by atoms with E-state index in [2.05, 4.69) is 15.6 Å². The van der Waals surface area contributed by atoms with Gasteiger partial charge in [0.1, 0.15) is 10.7 Å². The number of nitrogens with one attached hydrogen (secondary N) is 2. The quantitative estimate of drug-likeness (QED) is 0.253. The third kappa shape index (κ3) is 6.09. The lowest BCUT2D eigenvalue weighted by molar-refractivity contribution is -0.137. The van der Waals surface area contributed by atoms with Crippen LogP contribution in [0.25, 0.3) is 0 Å². The summed E-state index contributed by atoms with van der Waals surface area (Å²) in [7, 11) is -1.24. The van der Waals surface area contributed by atoms with Gasteiger partial charge in [-0.1, -0.05) is 11.6 Å². The van der Waals surface area contributed by atoms with Crippen molar-refractivity contribution in [1.29, 1.82) is 0 Å². The van der Waals surface area contributed by atoms with Crippen molar-refractivity contribution in [3.8, 4) is 0 Å². The zero-order valence-corrected chi connectivity index (χ0v) is 21.3. The van der Waals surface area contributed by atoms with Crippen molar-refractivity contribution in [2.24, 2.45) is 0 Å². The molecular weight excluding hydrogens is 553 g/mol. The standard InChI is InChI=1S/C20H19Cl2F4N5O2S2/c1-27-5-6-30(2)17-7-12(20(24,25)26)3-4-15(17)29-16-9-14(23)18(8-13(16)21)35(32,33)31(22)19-10-34-11-28-19/h3-4,7-11,27,29H,5-6H2,1-2H3. The highest BCUT2D eigenvalue weighted by Crippen LogP contribution is 2.39. The Hall–Kier alpha value is -2.32. The van der Waals surface area contributed by atoms with Crippen molar-refractivity contribution in [2.45, 2.75) is 11.1 Å². The summed E-state index contributed by atoms with van der Waals surface area (Å²) in [5.41, 5.74) is 0.818. The van der Waals surface area contributed by atoms with E-state index in [1.165, 1.54) is 17.0 Å². The van der Waals surface area contributed by atoms with Crippen LogP contribution >= 0.6 is 34.7 Å². The molecule has 0 aliphatic carbocycles. The van der Waals surface area contributed by atoms with Crippen LogP contribution in [0.3, 0.4) is 0 Å². The average molecular weight is 572 g/mol. The van der Waals surface area contributed by atoms with Crippen LogP contribution in [0.15, 0.2) is 46.1 Å². The van der Waals surface area contributed by atoms with Crippen LogP contribution in [0, 0.1) is 5.82 Å². The summed E-state index contributed by atoms with van der Waals surface area (Å²) < 4.78 is 80.6. The first-order chi connectivity index (χ1) is 16.4. The van der Waals surface area contributed by atoms with Crippen LogP contribution < -0.4 is 19.4 Å². The Morgan fingerprint density at radius 3 is 2.49 bits per heavy atom. The van der Waals surface area contributed by atoms with Gasteiger partial charge in [0.15, 0.2) is 5.82 Å². The topological polar surface area (TPSA) is 77.6 Å². The molecule has 0 spiro atoms. The lowest BCUT2D eigenvalue weighted by Gasteiger charge is -2.25. The molecule has 15 heteroatoms. The van der Waals surface area contributed by atoms with Gasteiger partial charge < -0.3 is 15.5 Å². The molecule has 0 amide bonds. The molecule has 0 radical (unpaired) electrons. The van der Waals surface area contributed by atoms with Crippen molar-refractivity contribution in [3.05, 3.63) is 57.6 Å². The molecule has 2 N–H and O–H groups in total. The number of halogens is 6. The second-order valence-corrected chi connectivity index (χ2v) is 10.6. The zero-order chi connectivity index (χ0) is 26.0. The molecule has 3 rings (SSSR count). The first kappa shape index (κ1) is 27.3. The third-order valence-corrected chi connectivity index (χ3v) is 7.90. The second-order valence-electron chi connectivity index (χ2n) is 7.21. The van der Waals surface area contributed by atoms with Crippen LogP contribution in [0.2, 0.25) is 5.02 Å². The number of benzene rings is 2. The molecule has 190 valence electrons. The van der Waals surface area contributed by atoms with Crippen LogP contribution in [0.1, 0.15) is 5.56 Å². The Bertz CT molecular complexity index is 1290. The van der Waals surface area contributed by atoms with E-state index in [-0.39, 0.29) is 27.9 Å². The fourth-order valence-electron chi connectivity index (χ4n) is 3.00. The van der Waals surface area contributed by atoms with Crippen molar-refractivity contribution >= 4 is 67.6 Å². The van der Waals surface area contributed by atoms with E-state index in [4.69, 9.17) is 23.4 Å². The van der Waals surface area contributed by atoms with E-state index in [1.807, 2.05) is 0 Å². The minimum absolute atomic E-state index is 0.0547. The summed E-state index contributed by atoms with van der Waals surface area (Å²) >= 11 is 13.2. The minimum Gasteiger partial charge on any atom is -0.372 e. The molecule has 7 nitrogen and oxygen atoms in total. The molecule has 0 fully saturated rings. The lowest BCUT2D eigenvalue weighted by atomic mass is 10.1. The molecule has 0 atom stereocenters. The summed E-state index contributed by atoms with van der Waals surface area (Å²) in [6.45, 7) is 0.857. The maximum atomic E-state index is 14.9. The summed E-state index contributed by atoms with van der Waals surface area (Å²) in [5, 5.41) is 6.87. The van der Waals surface area contributed by atoms with E-state index in [0.717, 1.165) is 35.6 Å². The number of alkyl halides is 3. The highest BCUT2D eigenvalue weighted by molar-refractivity contribution is 7.94. The van der Waals surface area contributed by atoms with Gasteiger partial charge in [-0.15, -0.1) is 11.3 Å². The number of rotatable bonds is 9. The number of likely N-dealkylation sites (N-methyl/N-ethyl adjacent to an activating group) is 2. The summed E-state index contributed by atoms with van der Waals surface area (Å²) in [6.07, 6.45) is -4.57. The molecule has 0 saturated carbocycles. The largest absolute Gasteiger partial charge is 0.416 e. The number of anilines is 4. The number of hydrogen-bond acceptors (Lipinski definition) is 7. The van der Waals surface area contributed by atoms with Crippen molar-refractivity contribution in [2.75, 3.05) is 41.2 Å². The number of aromatic nitrogens is 1. The minimum atomic E-state index is -4.57. The van der Waals surface area contributed by atoms with E-state index < -0.39 is 32.5 Å². The number of thiazole rings is 1. The van der Waals surface area contributed by atoms with E-state index in [0.29, 0.717) is 16.9 Å². The smallest absolute Gasteiger partial charge is 0.372 e. The maximum Gasteiger partial charge on any atom is 0.416 e. The van der Waals surface area contributed by atoms with Crippen LogP contribution in [0.4, 0.5) is 40.4 Å². The monoisotopic (exact) mass is 571 g/mol. The fourth-order valence-corrected chi connectivity index (χ4v) is 5.32. The molecule has 0 saturated heterocycles. The molecule has 35 heavy (non-hydrogen) atoms. The Morgan fingerprint density at radius 2 is 1.89 bits per heavy atom. The zero-order valence-electron chi connectivity index (χ0n) is 18.2. The van der Waals surface area contributed by atoms with Gasteiger partial charge in [-0.05, 0) is 31.3 Å². The second kappa shape index (κ2) is 10.7. The summed E-state index contributed by atoms with van der Waals surface area (Å²) in [4.78, 5) is 4.56.